The summed E-state index contributed by atoms with van der Waals surface area (Å²) in [6.07, 6.45) is 0. The lowest BCUT2D eigenvalue weighted by Crippen LogP contribution is -2.40. The van der Waals surface area contributed by atoms with Gasteiger partial charge in [-0.2, -0.15) is 9.29 Å². The maximum Gasteiger partial charge on any atom is 0.243 e. The first-order chi connectivity index (χ1) is 11.9. The molecule has 0 spiro atoms. The molecule has 8 nitrogen and oxygen atoms in total. The highest BCUT2D eigenvalue weighted by Crippen LogP contribution is 2.28. The maximum atomic E-state index is 12.9. The summed E-state index contributed by atoms with van der Waals surface area (Å²) in [6.45, 7) is 3.43. The average molecular weight is 363 g/mol. The van der Waals surface area contributed by atoms with E-state index in [9.17, 15) is 8.42 Å². The second kappa shape index (κ2) is 6.95. The summed E-state index contributed by atoms with van der Waals surface area (Å²) in [6, 6.07) is 6.78. The number of aryl methyl sites for hydroxylation is 1. The van der Waals surface area contributed by atoms with Crippen molar-refractivity contribution < 1.29 is 13.2 Å². The largest absolute Gasteiger partial charge is 0.379 e. The SMILES string of the molecule is CNc1cc(-c2cc(S(=O)(=O)N3CCOCC3)ccc2C)nc(N)n1. The van der Waals surface area contributed by atoms with E-state index >= 15 is 0 Å². The van der Waals surface area contributed by atoms with Crippen molar-refractivity contribution in [2.45, 2.75) is 11.8 Å². The molecule has 3 rings (SSSR count). The van der Waals surface area contributed by atoms with Gasteiger partial charge in [-0.25, -0.2) is 13.4 Å². The zero-order valence-corrected chi connectivity index (χ0v) is 15.0. The van der Waals surface area contributed by atoms with Gasteiger partial charge >= 0.3 is 0 Å². The van der Waals surface area contributed by atoms with Crippen molar-refractivity contribution in [2.75, 3.05) is 44.4 Å². The van der Waals surface area contributed by atoms with E-state index in [4.69, 9.17) is 10.5 Å². The Labute approximate surface area is 147 Å². The van der Waals surface area contributed by atoms with Gasteiger partial charge in [-0.1, -0.05) is 6.07 Å². The fourth-order valence-corrected chi connectivity index (χ4v) is 4.14. The molecule has 3 N–H and O–H groups in total. The normalized spacial score (nSPS) is 15.9. The summed E-state index contributed by atoms with van der Waals surface area (Å²) in [4.78, 5) is 8.55. The summed E-state index contributed by atoms with van der Waals surface area (Å²) in [5.41, 5.74) is 7.95. The number of hydrogen-bond donors (Lipinski definition) is 2. The van der Waals surface area contributed by atoms with Crippen molar-refractivity contribution in [2.24, 2.45) is 0 Å². The molecule has 0 radical (unpaired) electrons. The van der Waals surface area contributed by atoms with Crippen molar-refractivity contribution in [3.05, 3.63) is 29.8 Å². The van der Waals surface area contributed by atoms with Gasteiger partial charge in [-0.15, -0.1) is 0 Å². The van der Waals surface area contributed by atoms with Crippen molar-refractivity contribution in [3.63, 3.8) is 0 Å². The van der Waals surface area contributed by atoms with Gasteiger partial charge < -0.3 is 15.8 Å². The van der Waals surface area contributed by atoms with Gasteiger partial charge in [0.2, 0.25) is 16.0 Å². The molecule has 0 aliphatic carbocycles. The van der Waals surface area contributed by atoms with E-state index in [0.29, 0.717) is 43.4 Å². The van der Waals surface area contributed by atoms with Gasteiger partial charge in [0.1, 0.15) is 5.82 Å². The summed E-state index contributed by atoms with van der Waals surface area (Å²) < 4.78 is 32.4. The lowest BCUT2D eigenvalue weighted by molar-refractivity contribution is 0.0730. The lowest BCUT2D eigenvalue weighted by atomic mass is 10.1. The molecule has 1 saturated heterocycles. The number of aromatic nitrogens is 2. The van der Waals surface area contributed by atoms with E-state index in [-0.39, 0.29) is 10.8 Å². The molecular weight excluding hydrogens is 342 g/mol. The van der Waals surface area contributed by atoms with E-state index in [0.717, 1.165) is 5.56 Å². The van der Waals surface area contributed by atoms with Gasteiger partial charge in [0, 0.05) is 31.8 Å². The van der Waals surface area contributed by atoms with Crippen molar-refractivity contribution in [3.8, 4) is 11.3 Å². The van der Waals surface area contributed by atoms with Crippen LogP contribution in [0.2, 0.25) is 0 Å². The molecule has 1 fully saturated rings. The van der Waals surface area contributed by atoms with Crippen LogP contribution in [0.1, 0.15) is 5.56 Å². The van der Waals surface area contributed by atoms with Gasteiger partial charge in [0.25, 0.3) is 0 Å². The molecule has 9 heteroatoms. The first-order valence-corrected chi connectivity index (χ1v) is 9.37. The van der Waals surface area contributed by atoms with Crippen molar-refractivity contribution in [1.29, 1.82) is 0 Å². The van der Waals surface area contributed by atoms with Crippen LogP contribution in [-0.2, 0) is 14.8 Å². The third-order valence-electron chi connectivity index (χ3n) is 4.09. The Morgan fingerprint density at radius 1 is 1.20 bits per heavy atom. The Kier molecular flexibility index (Phi) is 4.89. The quantitative estimate of drug-likeness (QED) is 0.837. The Balaban J connectivity index is 2.05. The number of ether oxygens (including phenoxy) is 1. The monoisotopic (exact) mass is 363 g/mol. The average Bonchev–Trinajstić information content (AvgIpc) is 2.62. The topological polar surface area (TPSA) is 110 Å². The molecule has 1 aliphatic rings. The van der Waals surface area contributed by atoms with Gasteiger partial charge in [-0.3, -0.25) is 0 Å². The highest BCUT2D eigenvalue weighted by Gasteiger charge is 2.27. The van der Waals surface area contributed by atoms with Crippen LogP contribution in [0, 0.1) is 6.92 Å². The molecule has 0 bridgehead atoms. The van der Waals surface area contributed by atoms with Gasteiger partial charge in [0.15, 0.2) is 0 Å². The Hall–Kier alpha value is -2.23. The van der Waals surface area contributed by atoms with Crippen LogP contribution in [0.4, 0.5) is 11.8 Å². The molecule has 0 amide bonds. The number of nitrogens with two attached hydrogens (primary N) is 1. The summed E-state index contributed by atoms with van der Waals surface area (Å²) >= 11 is 0. The van der Waals surface area contributed by atoms with E-state index in [1.807, 2.05) is 6.92 Å². The first kappa shape index (κ1) is 17.6. The fourth-order valence-electron chi connectivity index (χ4n) is 2.71. The molecule has 25 heavy (non-hydrogen) atoms. The lowest BCUT2D eigenvalue weighted by Gasteiger charge is -2.26. The first-order valence-electron chi connectivity index (χ1n) is 7.93. The minimum Gasteiger partial charge on any atom is -0.379 e. The number of nitrogens with zero attached hydrogens (tertiary/aromatic N) is 3. The zero-order chi connectivity index (χ0) is 18.0. The molecule has 1 aromatic carbocycles. The third-order valence-corrected chi connectivity index (χ3v) is 5.99. The molecule has 2 heterocycles. The van der Waals surface area contributed by atoms with E-state index < -0.39 is 10.0 Å². The van der Waals surface area contributed by atoms with Crippen LogP contribution < -0.4 is 11.1 Å². The van der Waals surface area contributed by atoms with E-state index in [2.05, 4.69) is 15.3 Å². The number of benzene rings is 1. The number of hydrogen-bond acceptors (Lipinski definition) is 7. The molecule has 0 atom stereocenters. The second-order valence-electron chi connectivity index (χ2n) is 5.74. The second-order valence-corrected chi connectivity index (χ2v) is 7.68. The predicted octanol–water partition coefficient (Wildman–Crippen LogP) is 1.10. The molecule has 2 aromatic rings. The minimum absolute atomic E-state index is 0.127. The maximum absolute atomic E-state index is 12.9. The summed E-state index contributed by atoms with van der Waals surface area (Å²) in [5.74, 6) is 0.700. The van der Waals surface area contributed by atoms with Crippen LogP contribution >= 0.6 is 0 Å². The predicted molar refractivity (Wildman–Crippen MR) is 95.7 cm³/mol. The number of sulfonamides is 1. The number of morpholine rings is 1. The van der Waals surface area contributed by atoms with Gasteiger partial charge in [0.05, 0.1) is 23.8 Å². The highest BCUT2D eigenvalue weighted by molar-refractivity contribution is 7.89. The highest BCUT2D eigenvalue weighted by atomic mass is 32.2. The Bertz CT molecular complexity index is 879. The number of nitrogens with one attached hydrogen (secondary N) is 1. The number of rotatable bonds is 4. The Morgan fingerprint density at radius 2 is 1.92 bits per heavy atom. The van der Waals surface area contributed by atoms with Crippen LogP contribution in [0.5, 0.6) is 0 Å². The molecule has 1 aromatic heterocycles. The molecular formula is C16H21N5O3S. The molecule has 134 valence electrons. The van der Waals surface area contributed by atoms with Crippen molar-refractivity contribution in [1.82, 2.24) is 14.3 Å². The van der Waals surface area contributed by atoms with Crippen LogP contribution in [0.25, 0.3) is 11.3 Å². The van der Waals surface area contributed by atoms with Crippen molar-refractivity contribution >= 4 is 21.8 Å². The van der Waals surface area contributed by atoms with E-state index in [1.54, 1.807) is 31.3 Å². The summed E-state index contributed by atoms with van der Waals surface area (Å²) in [7, 11) is -1.84. The van der Waals surface area contributed by atoms with E-state index in [1.165, 1.54) is 4.31 Å². The smallest absolute Gasteiger partial charge is 0.243 e. The number of anilines is 2. The minimum atomic E-state index is -3.57. The fraction of sp³-hybridized carbons (Fsp3) is 0.375. The molecule has 0 saturated carbocycles. The standard InChI is InChI=1S/C16H21N5O3S/c1-11-3-4-12(25(22,23)21-5-7-24-8-6-21)9-13(11)14-10-15(18-2)20-16(17)19-14/h3-4,9-10H,5-8H2,1-2H3,(H3,17,18,19,20). The molecule has 1 aliphatic heterocycles. The molecule has 0 unspecified atom stereocenters. The third kappa shape index (κ3) is 3.58. The Morgan fingerprint density at radius 3 is 2.60 bits per heavy atom. The zero-order valence-electron chi connectivity index (χ0n) is 14.2. The van der Waals surface area contributed by atoms with Crippen LogP contribution in [0.15, 0.2) is 29.2 Å². The summed E-state index contributed by atoms with van der Waals surface area (Å²) in [5, 5.41) is 2.92. The number of nitrogen functional groups attached to an aromatic ring is 1. The van der Waals surface area contributed by atoms with Crippen LogP contribution in [-0.4, -0.2) is 56.0 Å². The van der Waals surface area contributed by atoms with Gasteiger partial charge in [-0.05, 0) is 24.6 Å². The van der Waals surface area contributed by atoms with Crippen LogP contribution in [0.3, 0.4) is 0 Å².